The van der Waals surface area contributed by atoms with Gasteiger partial charge >= 0.3 is 11.8 Å². The lowest BCUT2D eigenvalue weighted by Gasteiger charge is -2.33. The first kappa shape index (κ1) is 22.9. The molecule has 3 rings (SSSR count). The number of imidazole rings is 1. The van der Waals surface area contributed by atoms with Crippen LogP contribution in [0.4, 0.5) is 4.79 Å². The molecule has 0 saturated carbocycles. The van der Waals surface area contributed by atoms with Crippen LogP contribution >= 0.6 is 0 Å². The molecule has 1 aliphatic heterocycles. The van der Waals surface area contributed by atoms with Crippen molar-refractivity contribution >= 4 is 23.0 Å². The minimum atomic E-state index is -0.513. The second kappa shape index (κ2) is 9.58. The van der Waals surface area contributed by atoms with Crippen LogP contribution in [0.3, 0.4) is 0 Å². The predicted octanol–water partition coefficient (Wildman–Crippen LogP) is 3.12. The van der Waals surface area contributed by atoms with Gasteiger partial charge in [0.25, 0.3) is 0 Å². The van der Waals surface area contributed by atoms with Gasteiger partial charge in [0.2, 0.25) is 5.91 Å². The summed E-state index contributed by atoms with van der Waals surface area (Å²) >= 11 is 0. The van der Waals surface area contributed by atoms with E-state index in [9.17, 15) is 14.4 Å². The van der Waals surface area contributed by atoms with Crippen molar-refractivity contribution in [3.63, 3.8) is 0 Å². The molecule has 2 heterocycles. The molecule has 0 radical (unpaired) electrons. The smallest absolute Gasteiger partial charge is 0.410 e. The lowest BCUT2D eigenvalue weighted by atomic mass is 10.1. The third-order valence-corrected chi connectivity index (χ3v) is 5.45. The first-order valence-corrected chi connectivity index (χ1v) is 11.1. The molecule has 2 amide bonds. The number of piperidine rings is 1. The van der Waals surface area contributed by atoms with Crippen LogP contribution in [0.2, 0.25) is 0 Å². The lowest BCUT2D eigenvalue weighted by Crippen LogP contribution is -2.48. The van der Waals surface area contributed by atoms with E-state index in [0.29, 0.717) is 39.0 Å². The molecule has 8 nitrogen and oxygen atoms in total. The molecular formula is C23H34N4O4. The average molecular weight is 431 g/mol. The van der Waals surface area contributed by atoms with Gasteiger partial charge in [-0.25, -0.2) is 9.59 Å². The van der Waals surface area contributed by atoms with E-state index in [1.165, 1.54) is 0 Å². The molecule has 0 aliphatic carbocycles. The highest BCUT2D eigenvalue weighted by Gasteiger charge is 2.27. The summed E-state index contributed by atoms with van der Waals surface area (Å²) in [5.41, 5.74) is 1.19. The van der Waals surface area contributed by atoms with Crippen molar-refractivity contribution in [2.45, 2.75) is 78.1 Å². The molecule has 2 aromatic rings. The fourth-order valence-electron chi connectivity index (χ4n) is 3.97. The number of hydrogen-bond donors (Lipinski definition) is 1. The molecular weight excluding hydrogens is 396 g/mol. The molecule has 1 aromatic heterocycles. The van der Waals surface area contributed by atoms with Crippen LogP contribution in [-0.4, -0.2) is 50.8 Å². The Morgan fingerprint density at radius 1 is 1.06 bits per heavy atom. The van der Waals surface area contributed by atoms with Gasteiger partial charge in [-0.1, -0.05) is 19.1 Å². The molecule has 1 aromatic carbocycles. The van der Waals surface area contributed by atoms with Crippen LogP contribution in [0.1, 0.15) is 53.4 Å². The number of nitrogens with one attached hydrogen (secondary N) is 1. The highest BCUT2D eigenvalue weighted by atomic mass is 16.6. The first-order chi connectivity index (χ1) is 14.7. The highest BCUT2D eigenvalue weighted by Crippen LogP contribution is 2.16. The number of carbonyl (C=O) groups is 2. The van der Waals surface area contributed by atoms with Crippen molar-refractivity contribution in [2.75, 3.05) is 13.1 Å². The number of hydrogen-bond acceptors (Lipinski definition) is 4. The maximum Gasteiger partial charge on any atom is 0.410 e. The molecule has 0 bridgehead atoms. The largest absolute Gasteiger partial charge is 0.444 e. The maximum atomic E-state index is 12.8. The van der Waals surface area contributed by atoms with E-state index in [2.05, 4.69) is 5.32 Å². The van der Waals surface area contributed by atoms with Crippen molar-refractivity contribution in [2.24, 2.45) is 0 Å². The Labute approximate surface area is 183 Å². The summed E-state index contributed by atoms with van der Waals surface area (Å²) in [6, 6.07) is 7.74. The standard InChI is InChI=1S/C23H34N4O4/c1-5-13-26-18-8-6-7-9-19(18)27(21(26)29)16-12-20(28)24-17-10-14-25(15-11-17)22(30)31-23(2,3)4/h6-9,17H,5,10-16H2,1-4H3,(H,24,28). The second-order valence-electron chi connectivity index (χ2n) is 9.13. The van der Waals surface area contributed by atoms with E-state index in [4.69, 9.17) is 4.74 Å². The SMILES string of the molecule is CCCn1c(=O)n(CCC(=O)NC2CCN(C(=O)OC(C)(C)C)CC2)c2ccccc21. The minimum absolute atomic E-state index is 0.0318. The zero-order valence-electron chi connectivity index (χ0n) is 19.0. The molecule has 0 unspecified atom stereocenters. The van der Waals surface area contributed by atoms with E-state index in [1.807, 2.05) is 52.0 Å². The zero-order valence-corrected chi connectivity index (χ0v) is 19.0. The van der Waals surface area contributed by atoms with E-state index in [1.54, 1.807) is 14.0 Å². The van der Waals surface area contributed by atoms with Crippen molar-refractivity contribution in [3.05, 3.63) is 34.7 Å². The van der Waals surface area contributed by atoms with Gasteiger partial charge in [-0.2, -0.15) is 0 Å². The predicted molar refractivity (Wildman–Crippen MR) is 120 cm³/mol. The van der Waals surface area contributed by atoms with Gasteiger partial charge < -0.3 is 15.0 Å². The molecule has 1 fully saturated rings. The molecule has 0 spiro atoms. The lowest BCUT2D eigenvalue weighted by molar-refractivity contribution is -0.122. The van der Waals surface area contributed by atoms with Crippen molar-refractivity contribution in [3.8, 4) is 0 Å². The summed E-state index contributed by atoms with van der Waals surface area (Å²) in [6.07, 6.45) is 2.20. The number of para-hydroxylation sites is 2. The van der Waals surface area contributed by atoms with Crippen molar-refractivity contribution in [1.82, 2.24) is 19.4 Å². The minimum Gasteiger partial charge on any atom is -0.444 e. The monoisotopic (exact) mass is 430 g/mol. The number of benzene rings is 1. The Morgan fingerprint density at radius 3 is 2.19 bits per heavy atom. The molecule has 31 heavy (non-hydrogen) atoms. The maximum absolute atomic E-state index is 12.8. The Bertz CT molecular complexity index is 978. The number of aryl methyl sites for hydroxylation is 2. The summed E-state index contributed by atoms with van der Waals surface area (Å²) < 4.78 is 8.88. The Morgan fingerprint density at radius 2 is 1.65 bits per heavy atom. The van der Waals surface area contributed by atoms with Gasteiger partial charge in [0, 0.05) is 38.6 Å². The fourth-order valence-corrected chi connectivity index (χ4v) is 3.97. The van der Waals surface area contributed by atoms with Crippen LogP contribution in [0, 0.1) is 0 Å². The van der Waals surface area contributed by atoms with Gasteiger partial charge in [0.15, 0.2) is 0 Å². The Balaban J connectivity index is 1.53. The van der Waals surface area contributed by atoms with Crippen molar-refractivity contribution < 1.29 is 14.3 Å². The zero-order chi connectivity index (χ0) is 22.6. The van der Waals surface area contributed by atoms with Gasteiger partial charge in [-0.3, -0.25) is 13.9 Å². The number of nitrogens with zero attached hydrogens (tertiary/aromatic N) is 3. The third-order valence-electron chi connectivity index (χ3n) is 5.45. The highest BCUT2D eigenvalue weighted by molar-refractivity contribution is 5.78. The first-order valence-electron chi connectivity index (χ1n) is 11.1. The number of aromatic nitrogens is 2. The quantitative estimate of drug-likeness (QED) is 0.763. The molecule has 1 saturated heterocycles. The summed E-state index contributed by atoms with van der Waals surface area (Å²) in [5.74, 6) is -0.0741. The van der Waals surface area contributed by atoms with Gasteiger partial charge in [-0.15, -0.1) is 0 Å². The average Bonchev–Trinajstić information content (AvgIpc) is 2.97. The normalized spacial score (nSPS) is 15.3. The number of fused-ring (bicyclic) bond motifs is 1. The number of amides is 2. The van der Waals surface area contributed by atoms with E-state index in [0.717, 1.165) is 17.5 Å². The summed E-state index contributed by atoms with van der Waals surface area (Å²) in [4.78, 5) is 39.2. The molecule has 1 aliphatic rings. The van der Waals surface area contributed by atoms with Crippen LogP contribution in [0.15, 0.2) is 29.1 Å². The van der Waals surface area contributed by atoms with Gasteiger partial charge in [0.1, 0.15) is 5.60 Å². The summed E-state index contributed by atoms with van der Waals surface area (Å²) in [7, 11) is 0. The van der Waals surface area contributed by atoms with E-state index in [-0.39, 0.29) is 30.2 Å². The molecule has 1 N–H and O–H groups in total. The third kappa shape index (κ3) is 5.68. The Hall–Kier alpha value is -2.77. The van der Waals surface area contributed by atoms with Crippen LogP contribution in [0.25, 0.3) is 11.0 Å². The van der Waals surface area contributed by atoms with E-state index >= 15 is 0 Å². The topological polar surface area (TPSA) is 85.6 Å². The van der Waals surface area contributed by atoms with E-state index < -0.39 is 5.60 Å². The molecule has 170 valence electrons. The van der Waals surface area contributed by atoms with Gasteiger partial charge in [0.05, 0.1) is 11.0 Å². The number of ether oxygens (including phenoxy) is 1. The van der Waals surface area contributed by atoms with Crippen LogP contribution in [0.5, 0.6) is 0 Å². The fraction of sp³-hybridized carbons (Fsp3) is 0.609. The number of carbonyl (C=O) groups excluding carboxylic acids is 2. The molecule has 0 atom stereocenters. The van der Waals surface area contributed by atoms with Crippen LogP contribution < -0.4 is 11.0 Å². The number of likely N-dealkylation sites (tertiary alicyclic amines) is 1. The second-order valence-corrected chi connectivity index (χ2v) is 9.13. The van der Waals surface area contributed by atoms with Crippen molar-refractivity contribution in [1.29, 1.82) is 0 Å². The summed E-state index contributed by atoms with van der Waals surface area (Å²) in [5, 5.41) is 3.06. The number of rotatable bonds is 6. The Kier molecular flexibility index (Phi) is 7.08. The van der Waals surface area contributed by atoms with Gasteiger partial charge in [-0.05, 0) is 52.2 Å². The van der Waals surface area contributed by atoms with Crippen LogP contribution in [-0.2, 0) is 22.6 Å². The summed E-state index contributed by atoms with van der Waals surface area (Å²) in [6.45, 7) is 9.72. The molecule has 8 heteroatoms.